The van der Waals surface area contributed by atoms with Gasteiger partial charge in [-0.3, -0.25) is 0 Å². The zero-order valence-electron chi connectivity index (χ0n) is 22.6. The summed E-state index contributed by atoms with van der Waals surface area (Å²) in [4.78, 5) is 0. The summed E-state index contributed by atoms with van der Waals surface area (Å²) in [5.74, 6) is 1.33. The standard InChI is InChI=1S/C30H50O4/c1-19(9-8-13-26(2,3)34)20-12-14-29(7)25-23(32)17-22-21(10-11-24(33)27(22,4)5)30(25,18-31)16-15-28(20,29)6/h8,13,17,19-21,23-25,31-34H,9-12,14-16,18H2,1-7H3/b13-8+/t19-,20-,21?,23+,24+,25?,28-,29+,30-/m1/s1. The molecule has 3 saturated carbocycles. The minimum Gasteiger partial charge on any atom is -0.396 e. The summed E-state index contributed by atoms with van der Waals surface area (Å²) >= 11 is 0. The van der Waals surface area contributed by atoms with Gasteiger partial charge in [-0.1, -0.05) is 58.4 Å². The number of rotatable bonds is 5. The molecule has 34 heavy (non-hydrogen) atoms. The van der Waals surface area contributed by atoms with Crippen LogP contribution in [-0.2, 0) is 0 Å². The number of hydrogen-bond acceptors (Lipinski definition) is 4. The molecular formula is C30H50O4. The van der Waals surface area contributed by atoms with Gasteiger partial charge in [-0.15, -0.1) is 0 Å². The quantitative estimate of drug-likeness (QED) is 0.410. The van der Waals surface area contributed by atoms with Crippen LogP contribution in [0, 0.1) is 45.3 Å². The van der Waals surface area contributed by atoms with Crippen LogP contribution in [0.15, 0.2) is 23.8 Å². The second-order valence-electron chi connectivity index (χ2n) is 14.1. The molecule has 4 nitrogen and oxygen atoms in total. The van der Waals surface area contributed by atoms with Gasteiger partial charge in [0.15, 0.2) is 0 Å². The van der Waals surface area contributed by atoms with Crippen molar-refractivity contribution < 1.29 is 20.4 Å². The van der Waals surface area contributed by atoms with E-state index < -0.39 is 17.8 Å². The fourth-order valence-corrected chi connectivity index (χ4v) is 9.48. The molecule has 4 heteroatoms. The molecule has 4 aliphatic carbocycles. The second kappa shape index (κ2) is 8.43. The van der Waals surface area contributed by atoms with Crippen LogP contribution >= 0.6 is 0 Å². The molecule has 0 amide bonds. The number of allylic oxidation sites excluding steroid dienone is 1. The maximum Gasteiger partial charge on any atom is 0.0771 e. The summed E-state index contributed by atoms with van der Waals surface area (Å²) < 4.78 is 0. The van der Waals surface area contributed by atoms with Crippen molar-refractivity contribution in [3.63, 3.8) is 0 Å². The molecule has 0 aliphatic heterocycles. The molecule has 0 radical (unpaired) electrons. The Morgan fingerprint density at radius 1 is 1.03 bits per heavy atom. The van der Waals surface area contributed by atoms with Crippen LogP contribution in [0.2, 0.25) is 0 Å². The Morgan fingerprint density at radius 3 is 2.32 bits per heavy atom. The Hall–Kier alpha value is -0.680. The molecule has 0 bridgehead atoms. The molecule has 0 aromatic rings. The molecular weight excluding hydrogens is 424 g/mol. The summed E-state index contributed by atoms with van der Waals surface area (Å²) in [6, 6.07) is 0. The van der Waals surface area contributed by atoms with Crippen LogP contribution in [0.4, 0.5) is 0 Å². The van der Waals surface area contributed by atoms with E-state index >= 15 is 0 Å². The molecule has 0 saturated heterocycles. The van der Waals surface area contributed by atoms with Crippen molar-refractivity contribution in [2.75, 3.05) is 6.61 Å². The van der Waals surface area contributed by atoms with Gasteiger partial charge in [-0.2, -0.15) is 0 Å². The Labute approximate surface area is 207 Å². The van der Waals surface area contributed by atoms with Crippen molar-refractivity contribution >= 4 is 0 Å². The predicted octanol–water partition coefficient (Wildman–Crippen LogP) is 5.25. The van der Waals surface area contributed by atoms with Crippen LogP contribution in [0.1, 0.15) is 93.4 Å². The molecule has 4 N–H and O–H groups in total. The van der Waals surface area contributed by atoms with E-state index in [2.05, 4.69) is 46.8 Å². The highest BCUT2D eigenvalue weighted by atomic mass is 16.3. The Balaban J connectivity index is 1.70. The minimum atomic E-state index is -0.781. The topological polar surface area (TPSA) is 80.9 Å². The van der Waals surface area contributed by atoms with Crippen LogP contribution in [0.25, 0.3) is 0 Å². The molecule has 3 fully saturated rings. The van der Waals surface area contributed by atoms with Gasteiger partial charge in [0.2, 0.25) is 0 Å². The number of aliphatic hydroxyl groups excluding tert-OH is 3. The van der Waals surface area contributed by atoms with Crippen molar-refractivity contribution in [2.24, 2.45) is 45.3 Å². The van der Waals surface area contributed by atoms with Crippen molar-refractivity contribution in [1.29, 1.82) is 0 Å². The molecule has 4 aliphatic rings. The highest BCUT2D eigenvalue weighted by molar-refractivity contribution is 5.33. The largest absolute Gasteiger partial charge is 0.396 e. The SMILES string of the molecule is C[C@H](C/C=C/C(C)(C)O)[C@H]1CC[C@@]2(C)C3[C@@H](O)C=C4C(CC[C@H](O)C4(C)C)[C@]3(CO)CC[C@]12C. The van der Waals surface area contributed by atoms with E-state index in [1.54, 1.807) is 0 Å². The van der Waals surface area contributed by atoms with Gasteiger partial charge in [0.25, 0.3) is 0 Å². The lowest BCUT2D eigenvalue weighted by Crippen LogP contribution is -2.64. The fourth-order valence-electron chi connectivity index (χ4n) is 9.48. The first-order valence-electron chi connectivity index (χ1n) is 13.7. The van der Waals surface area contributed by atoms with Crippen molar-refractivity contribution in [3.8, 4) is 0 Å². The Kier molecular flexibility index (Phi) is 6.54. The zero-order chi connectivity index (χ0) is 25.3. The third-order valence-electron chi connectivity index (χ3n) is 11.6. The predicted molar refractivity (Wildman–Crippen MR) is 137 cm³/mol. The third kappa shape index (κ3) is 3.69. The van der Waals surface area contributed by atoms with Crippen LogP contribution < -0.4 is 0 Å². The maximum absolute atomic E-state index is 11.7. The molecule has 2 unspecified atom stereocenters. The maximum atomic E-state index is 11.7. The lowest BCUT2D eigenvalue weighted by molar-refractivity contribution is -0.197. The average molecular weight is 475 g/mol. The van der Waals surface area contributed by atoms with Gasteiger partial charge < -0.3 is 20.4 Å². The van der Waals surface area contributed by atoms with E-state index in [9.17, 15) is 20.4 Å². The molecule has 0 aromatic carbocycles. The first kappa shape index (κ1) is 26.4. The van der Waals surface area contributed by atoms with Crippen molar-refractivity contribution in [2.45, 2.75) is 111 Å². The lowest BCUT2D eigenvalue weighted by atomic mass is 9.38. The normalized spacial score (nSPS) is 47.0. The average Bonchev–Trinajstić information content (AvgIpc) is 3.01. The summed E-state index contributed by atoms with van der Waals surface area (Å²) in [6.07, 6.45) is 12.0. The summed E-state index contributed by atoms with van der Waals surface area (Å²) in [7, 11) is 0. The first-order chi connectivity index (χ1) is 15.6. The summed E-state index contributed by atoms with van der Waals surface area (Å²) in [5, 5.41) is 43.6. The fraction of sp³-hybridized carbons (Fsp3) is 0.867. The lowest BCUT2D eigenvalue weighted by Gasteiger charge is -2.67. The van der Waals surface area contributed by atoms with Crippen molar-refractivity contribution in [3.05, 3.63) is 23.8 Å². The third-order valence-corrected chi connectivity index (χ3v) is 11.6. The van der Waals surface area contributed by atoms with Crippen molar-refractivity contribution in [1.82, 2.24) is 0 Å². The first-order valence-corrected chi connectivity index (χ1v) is 13.7. The molecule has 0 heterocycles. The van der Waals surface area contributed by atoms with Gasteiger partial charge in [-0.05, 0) is 87.4 Å². The second-order valence-corrected chi connectivity index (χ2v) is 14.1. The van der Waals surface area contributed by atoms with E-state index in [1.807, 2.05) is 19.9 Å². The summed E-state index contributed by atoms with van der Waals surface area (Å²) in [5.41, 5.74) is -0.220. The van der Waals surface area contributed by atoms with E-state index in [0.29, 0.717) is 11.8 Å². The van der Waals surface area contributed by atoms with E-state index in [1.165, 1.54) is 5.57 Å². The highest BCUT2D eigenvalue weighted by Gasteiger charge is 2.70. The van der Waals surface area contributed by atoms with Gasteiger partial charge in [0.1, 0.15) is 0 Å². The molecule has 9 atom stereocenters. The van der Waals surface area contributed by atoms with Gasteiger partial charge >= 0.3 is 0 Å². The highest BCUT2D eigenvalue weighted by Crippen LogP contribution is 2.74. The monoisotopic (exact) mass is 474 g/mol. The van der Waals surface area contributed by atoms with Gasteiger partial charge in [-0.25, -0.2) is 0 Å². The minimum absolute atomic E-state index is 0.0349. The van der Waals surface area contributed by atoms with E-state index in [0.717, 1.165) is 44.9 Å². The van der Waals surface area contributed by atoms with Crippen LogP contribution in [-0.4, -0.2) is 44.8 Å². The van der Waals surface area contributed by atoms with Gasteiger partial charge in [0, 0.05) is 23.4 Å². The molecule has 194 valence electrons. The molecule has 4 rings (SSSR count). The zero-order valence-corrected chi connectivity index (χ0v) is 22.6. The molecule has 0 spiro atoms. The van der Waals surface area contributed by atoms with E-state index in [-0.39, 0.29) is 40.1 Å². The van der Waals surface area contributed by atoms with Crippen LogP contribution in [0.3, 0.4) is 0 Å². The Morgan fingerprint density at radius 2 is 1.71 bits per heavy atom. The van der Waals surface area contributed by atoms with E-state index in [4.69, 9.17) is 0 Å². The summed E-state index contributed by atoms with van der Waals surface area (Å²) in [6.45, 7) is 15.2. The van der Waals surface area contributed by atoms with Crippen LogP contribution in [0.5, 0.6) is 0 Å². The number of hydrogen-bond donors (Lipinski definition) is 4. The number of aliphatic hydroxyl groups is 4. The Bertz CT molecular complexity index is 837. The van der Waals surface area contributed by atoms with Gasteiger partial charge in [0.05, 0.1) is 17.8 Å². The smallest absolute Gasteiger partial charge is 0.0771 e. The number of fused-ring (bicyclic) bond motifs is 5. The molecule has 0 aromatic heterocycles.